The Morgan fingerprint density at radius 3 is 2.63 bits per heavy atom. The van der Waals surface area contributed by atoms with Crippen LogP contribution in [0.2, 0.25) is 0 Å². The van der Waals surface area contributed by atoms with Crippen molar-refractivity contribution in [2.24, 2.45) is 5.92 Å². The van der Waals surface area contributed by atoms with E-state index in [2.05, 4.69) is 17.0 Å². The fourth-order valence-corrected chi connectivity index (χ4v) is 3.68. The molecule has 3 rings (SSSR count). The van der Waals surface area contributed by atoms with E-state index in [1.165, 1.54) is 44.2 Å². The lowest BCUT2D eigenvalue weighted by Gasteiger charge is -2.22. The van der Waals surface area contributed by atoms with Gasteiger partial charge in [-0.25, -0.2) is 9.07 Å². The van der Waals surface area contributed by atoms with Gasteiger partial charge in [-0.2, -0.15) is 5.10 Å². The molecule has 27 heavy (non-hydrogen) atoms. The molecule has 1 heterocycles. The predicted molar refractivity (Wildman–Crippen MR) is 107 cm³/mol. The van der Waals surface area contributed by atoms with Crippen molar-refractivity contribution >= 4 is 17.6 Å². The Morgan fingerprint density at radius 2 is 2.00 bits per heavy atom. The molecule has 142 valence electrons. The molecule has 1 aromatic heterocycles. The summed E-state index contributed by atoms with van der Waals surface area (Å²) in [6.45, 7) is 6.43. The number of hydrogen-bond acceptors (Lipinski definition) is 2. The summed E-state index contributed by atoms with van der Waals surface area (Å²) in [5.41, 5.74) is 2.73. The van der Waals surface area contributed by atoms with Gasteiger partial charge in [0.2, 0.25) is 0 Å². The van der Waals surface area contributed by atoms with Gasteiger partial charge in [0.05, 0.1) is 17.6 Å². The number of halogens is 1. The maximum atomic E-state index is 13.2. The number of nitrogens with zero attached hydrogens (tertiary/aromatic N) is 2. The van der Waals surface area contributed by atoms with Crippen LogP contribution in [0.3, 0.4) is 0 Å². The fraction of sp³-hybridized carbons (Fsp3) is 0.364. The number of benzene rings is 1. The monoisotopic (exact) mass is 367 g/mol. The molecule has 0 bridgehead atoms. The molecule has 0 atom stereocenters. The molecule has 2 aromatic rings. The molecular weight excluding hydrogens is 341 g/mol. The second kappa shape index (κ2) is 8.80. The molecule has 1 aromatic carbocycles. The third-order valence-corrected chi connectivity index (χ3v) is 5.17. The van der Waals surface area contributed by atoms with E-state index in [1.807, 2.05) is 6.92 Å². The Bertz CT molecular complexity index is 830. The van der Waals surface area contributed by atoms with Gasteiger partial charge in [0.15, 0.2) is 0 Å². The molecule has 4 nitrogen and oxygen atoms in total. The second-order valence-electron chi connectivity index (χ2n) is 6.95. The number of hydrogen-bond donors (Lipinski definition) is 1. The lowest BCUT2D eigenvalue weighted by atomic mass is 9.89. The van der Waals surface area contributed by atoms with Crippen LogP contribution in [0, 0.1) is 11.7 Å². The van der Waals surface area contributed by atoms with E-state index in [4.69, 9.17) is 0 Å². The summed E-state index contributed by atoms with van der Waals surface area (Å²) in [7, 11) is 0. The van der Waals surface area contributed by atoms with Gasteiger partial charge < -0.3 is 5.32 Å². The van der Waals surface area contributed by atoms with Crippen LogP contribution in [0.25, 0.3) is 17.3 Å². The van der Waals surface area contributed by atoms with E-state index in [-0.39, 0.29) is 11.7 Å². The Labute approximate surface area is 159 Å². The van der Waals surface area contributed by atoms with E-state index >= 15 is 0 Å². The molecule has 0 radical (unpaired) electrons. The summed E-state index contributed by atoms with van der Waals surface area (Å²) >= 11 is 0. The molecule has 0 aliphatic heterocycles. The molecule has 0 unspecified atom stereocenters. The van der Waals surface area contributed by atoms with Crippen LogP contribution >= 0.6 is 0 Å². The Hall–Kier alpha value is -2.69. The third-order valence-electron chi connectivity index (χ3n) is 5.17. The van der Waals surface area contributed by atoms with Gasteiger partial charge >= 0.3 is 0 Å². The van der Waals surface area contributed by atoms with Gasteiger partial charge in [-0.1, -0.05) is 31.9 Å². The normalized spacial score (nSPS) is 15.6. The van der Waals surface area contributed by atoms with Crippen LogP contribution in [-0.2, 0) is 4.79 Å². The first-order valence-corrected chi connectivity index (χ1v) is 9.55. The van der Waals surface area contributed by atoms with Crippen molar-refractivity contribution in [3.8, 4) is 5.69 Å². The van der Waals surface area contributed by atoms with Gasteiger partial charge in [-0.3, -0.25) is 4.79 Å². The smallest absolute Gasteiger partial charge is 0.251 e. The average molecular weight is 367 g/mol. The van der Waals surface area contributed by atoms with Crippen molar-refractivity contribution in [1.82, 2.24) is 15.1 Å². The lowest BCUT2D eigenvalue weighted by molar-refractivity contribution is -0.115. The third kappa shape index (κ3) is 4.35. The molecule has 1 fully saturated rings. The minimum absolute atomic E-state index is 0.0928. The minimum atomic E-state index is -0.303. The maximum Gasteiger partial charge on any atom is 0.251 e. The van der Waals surface area contributed by atoms with Crippen LogP contribution in [0.1, 0.15) is 50.3 Å². The topological polar surface area (TPSA) is 46.9 Å². The van der Waals surface area contributed by atoms with Crippen molar-refractivity contribution in [3.05, 3.63) is 60.2 Å². The van der Waals surface area contributed by atoms with Crippen LogP contribution in [0.15, 0.2) is 43.1 Å². The number of carbonyl (C=O) groups excluding carboxylic acids is 1. The van der Waals surface area contributed by atoms with Crippen molar-refractivity contribution in [3.63, 3.8) is 0 Å². The first-order valence-electron chi connectivity index (χ1n) is 9.55. The molecule has 1 amide bonds. The SMILES string of the molecule is C=Cc1c(/C(=C\C)C(=O)NCC2CCCCC2)cnn1-c1ccc(F)cc1. The van der Waals surface area contributed by atoms with Crippen LogP contribution in [0.5, 0.6) is 0 Å². The quantitative estimate of drug-likeness (QED) is 0.749. The number of rotatable bonds is 6. The van der Waals surface area contributed by atoms with E-state index in [1.54, 1.807) is 35.2 Å². The molecule has 0 spiro atoms. The Morgan fingerprint density at radius 1 is 1.30 bits per heavy atom. The highest BCUT2D eigenvalue weighted by Gasteiger charge is 2.20. The zero-order chi connectivity index (χ0) is 19.2. The van der Waals surface area contributed by atoms with Crippen molar-refractivity contribution < 1.29 is 9.18 Å². The molecule has 1 saturated carbocycles. The first-order chi connectivity index (χ1) is 13.1. The number of allylic oxidation sites excluding steroid dienone is 1. The highest BCUT2D eigenvalue weighted by atomic mass is 19.1. The predicted octanol–water partition coefficient (Wildman–Crippen LogP) is 4.75. The van der Waals surface area contributed by atoms with E-state index in [0.29, 0.717) is 23.7 Å². The van der Waals surface area contributed by atoms with Crippen LogP contribution in [0.4, 0.5) is 4.39 Å². The summed E-state index contributed by atoms with van der Waals surface area (Å²) in [5.74, 6) is 0.175. The molecule has 1 N–H and O–H groups in total. The van der Waals surface area contributed by atoms with Crippen molar-refractivity contribution in [2.75, 3.05) is 6.54 Å². The lowest BCUT2D eigenvalue weighted by Crippen LogP contribution is -2.30. The molecular formula is C22H26FN3O. The van der Waals surface area contributed by atoms with Crippen molar-refractivity contribution in [1.29, 1.82) is 0 Å². The Balaban J connectivity index is 1.79. The summed E-state index contributed by atoms with van der Waals surface area (Å²) in [6, 6.07) is 6.07. The fourth-order valence-electron chi connectivity index (χ4n) is 3.68. The zero-order valence-electron chi connectivity index (χ0n) is 15.7. The van der Waals surface area contributed by atoms with E-state index < -0.39 is 0 Å². The Kier molecular flexibility index (Phi) is 6.22. The molecule has 5 heteroatoms. The number of carbonyl (C=O) groups is 1. The summed E-state index contributed by atoms with van der Waals surface area (Å²) in [5, 5.41) is 7.47. The van der Waals surface area contributed by atoms with Crippen LogP contribution < -0.4 is 5.32 Å². The number of nitrogens with one attached hydrogen (secondary N) is 1. The standard InChI is InChI=1S/C22H26FN3O/c1-3-19(22(27)24-14-16-8-6-5-7-9-16)20-15-25-26(21(20)4-2)18-12-10-17(23)11-13-18/h3-4,10-13,15-16H,2,5-9,14H2,1H3,(H,24,27)/b19-3+. The summed E-state index contributed by atoms with van der Waals surface area (Å²) in [6.07, 6.45) is 11.3. The summed E-state index contributed by atoms with van der Waals surface area (Å²) < 4.78 is 14.9. The van der Waals surface area contributed by atoms with Gasteiger partial charge in [-0.15, -0.1) is 0 Å². The number of aromatic nitrogens is 2. The maximum absolute atomic E-state index is 13.2. The average Bonchev–Trinajstić information content (AvgIpc) is 3.12. The van der Waals surface area contributed by atoms with Crippen molar-refractivity contribution in [2.45, 2.75) is 39.0 Å². The summed E-state index contributed by atoms with van der Waals surface area (Å²) in [4.78, 5) is 12.8. The highest BCUT2D eigenvalue weighted by Crippen LogP contribution is 2.25. The molecule has 0 saturated heterocycles. The number of amides is 1. The largest absolute Gasteiger partial charge is 0.352 e. The van der Waals surface area contributed by atoms with Gasteiger partial charge in [0.25, 0.3) is 5.91 Å². The van der Waals surface area contributed by atoms with E-state index in [0.717, 1.165) is 11.3 Å². The second-order valence-corrected chi connectivity index (χ2v) is 6.95. The molecule has 1 aliphatic carbocycles. The minimum Gasteiger partial charge on any atom is -0.352 e. The van der Waals surface area contributed by atoms with Gasteiger partial charge in [0, 0.05) is 17.7 Å². The highest BCUT2D eigenvalue weighted by molar-refractivity contribution is 6.20. The first kappa shape index (κ1) is 19.1. The molecule has 1 aliphatic rings. The van der Waals surface area contributed by atoms with Crippen LogP contribution in [-0.4, -0.2) is 22.2 Å². The van der Waals surface area contributed by atoms with E-state index in [9.17, 15) is 9.18 Å². The zero-order valence-corrected chi connectivity index (χ0v) is 15.7. The van der Waals surface area contributed by atoms with Gasteiger partial charge in [0.1, 0.15) is 5.82 Å². The van der Waals surface area contributed by atoms with Gasteiger partial charge in [-0.05, 0) is 56.0 Å².